The third-order valence-electron chi connectivity index (χ3n) is 2.20. The Morgan fingerprint density at radius 1 is 1.82 bits per heavy atom. The molecule has 60 valence electrons. The summed E-state index contributed by atoms with van der Waals surface area (Å²) in [6.45, 7) is 4.06. The molecule has 0 saturated carbocycles. The maximum absolute atomic E-state index is 8.57. The summed E-state index contributed by atoms with van der Waals surface area (Å²) in [7, 11) is 1.92. The van der Waals surface area contributed by atoms with E-state index in [1.54, 1.807) is 0 Å². The highest BCUT2D eigenvalue weighted by molar-refractivity contribution is 5.84. The van der Waals surface area contributed by atoms with Crippen LogP contribution in [0, 0.1) is 11.3 Å². The van der Waals surface area contributed by atoms with Crippen molar-refractivity contribution in [2.45, 2.75) is 32.2 Å². The fourth-order valence-corrected chi connectivity index (χ4v) is 1.42. The van der Waals surface area contributed by atoms with Crippen LogP contribution in [-0.4, -0.2) is 23.3 Å². The lowest BCUT2D eigenvalue weighted by molar-refractivity contribution is 0.178. The molecule has 0 aromatic heterocycles. The molecule has 1 aliphatic rings. The van der Waals surface area contributed by atoms with Crippen molar-refractivity contribution in [3.05, 3.63) is 0 Å². The van der Waals surface area contributed by atoms with Gasteiger partial charge < -0.3 is 0 Å². The molecule has 0 aromatic carbocycles. The molecule has 1 heterocycles. The number of rotatable bonds is 1. The van der Waals surface area contributed by atoms with E-state index in [1.165, 1.54) is 0 Å². The van der Waals surface area contributed by atoms with Crippen LogP contribution in [0.5, 0.6) is 0 Å². The molecule has 3 nitrogen and oxygen atoms in total. The lowest BCUT2D eigenvalue weighted by Crippen LogP contribution is -2.36. The van der Waals surface area contributed by atoms with E-state index in [9.17, 15) is 0 Å². The number of nitrogens with zero attached hydrogens (tertiary/aromatic N) is 3. The fourth-order valence-electron chi connectivity index (χ4n) is 1.42. The van der Waals surface area contributed by atoms with Gasteiger partial charge in [-0.15, -0.1) is 0 Å². The van der Waals surface area contributed by atoms with Crippen LogP contribution in [-0.2, 0) is 0 Å². The van der Waals surface area contributed by atoms with Crippen molar-refractivity contribution in [3.63, 3.8) is 0 Å². The molecule has 0 spiro atoms. The molecule has 0 aromatic rings. The topological polar surface area (TPSA) is 39.4 Å². The van der Waals surface area contributed by atoms with E-state index in [0.29, 0.717) is 6.42 Å². The van der Waals surface area contributed by atoms with Crippen LogP contribution in [0.15, 0.2) is 5.10 Å². The summed E-state index contributed by atoms with van der Waals surface area (Å²) in [6, 6.07) is 2.19. The average Bonchev–Trinajstić information content (AvgIpc) is 2.08. The molecule has 1 atom stereocenters. The molecule has 0 saturated heterocycles. The first-order valence-electron chi connectivity index (χ1n) is 3.73. The van der Waals surface area contributed by atoms with Gasteiger partial charge in [0.1, 0.15) is 0 Å². The van der Waals surface area contributed by atoms with E-state index in [4.69, 9.17) is 5.26 Å². The van der Waals surface area contributed by atoms with Crippen LogP contribution >= 0.6 is 0 Å². The quantitative estimate of drug-likeness (QED) is 0.567. The Labute approximate surface area is 67.3 Å². The smallest absolute Gasteiger partial charge is 0.0729 e. The molecule has 1 rings (SSSR count). The Kier molecular flexibility index (Phi) is 1.86. The van der Waals surface area contributed by atoms with Crippen LogP contribution in [0.4, 0.5) is 0 Å². The van der Waals surface area contributed by atoms with Gasteiger partial charge in [-0.2, -0.15) is 10.4 Å². The van der Waals surface area contributed by atoms with Gasteiger partial charge >= 0.3 is 0 Å². The second-order valence-electron chi connectivity index (χ2n) is 3.37. The Bertz CT molecular complexity index is 226. The second kappa shape index (κ2) is 2.54. The van der Waals surface area contributed by atoms with Gasteiger partial charge in [0.05, 0.1) is 18.0 Å². The normalized spacial score (nSPS) is 30.0. The maximum atomic E-state index is 8.57. The number of hydrogen-bond acceptors (Lipinski definition) is 3. The van der Waals surface area contributed by atoms with Crippen LogP contribution in [0.2, 0.25) is 0 Å². The minimum absolute atomic E-state index is 0.0567. The molecule has 1 aliphatic heterocycles. The molecule has 1 unspecified atom stereocenters. The monoisotopic (exact) mass is 151 g/mol. The highest BCUT2D eigenvalue weighted by atomic mass is 15.5. The van der Waals surface area contributed by atoms with Gasteiger partial charge in [-0.05, 0) is 13.8 Å². The summed E-state index contributed by atoms with van der Waals surface area (Å²) in [5.74, 6) is 0. The molecule has 0 fully saturated rings. The van der Waals surface area contributed by atoms with Crippen LogP contribution in [0.1, 0.15) is 26.7 Å². The first-order chi connectivity index (χ1) is 5.08. The minimum Gasteiger partial charge on any atom is -0.293 e. The van der Waals surface area contributed by atoms with Crippen molar-refractivity contribution in [3.8, 4) is 6.07 Å². The van der Waals surface area contributed by atoms with Gasteiger partial charge in [0.25, 0.3) is 0 Å². The zero-order valence-electron chi connectivity index (χ0n) is 7.26. The molecule has 0 N–H and O–H groups in total. The number of nitriles is 1. The van der Waals surface area contributed by atoms with E-state index in [-0.39, 0.29) is 5.54 Å². The van der Waals surface area contributed by atoms with E-state index in [1.807, 2.05) is 19.0 Å². The molecular formula is C8H13N3. The van der Waals surface area contributed by atoms with Crippen LogP contribution in [0.3, 0.4) is 0 Å². The first-order valence-corrected chi connectivity index (χ1v) is 3.73. The van der Waals surface area contributed by atoms with Gasteiger partial charge in [-0.1, -0.05) is 0 Å². The van der Waals surface area contributed by atoms with Crippen molar-refractivity contribution in [2.24, 2.45) is 5.10 Å². The fraction of sp³-hybridized carbons (Fsp3) is 0.750. The Morgan fingerprint density at radius 2 is 2.45 bits per heavy atom. The number of hydrogen-bond donors (Lipinski definition) is 0. The van der Waals surface area contributed by atoms with Crippen LogP contribution in [0.25, 0.3) is 0 Å². The molecule has 0 amide bonds. The van der Waals surface area contributed by atoms with Gasteiger partial charge in [-0.25, -0.2) is 0 Å². The predicted octanol–water partition coefficient (Wildman–Crippen LogP) is 1.37. The van der Waals surface area contributed by atoms with Gasteiger partial charge in [0.2, 0.25) is 0 Å². The highest BCUT2D eigenvalue weighted by Crippen LogP contribution is 2.28. The zero-order valence-corrected chi connectivity index (χ0v) is 7.26. The molecule has 3 heteroatoms. The zero-order chi connectivity index (χ0) is 8.48. The molecular weight excluding hydrogens is 138 g/mol. The third kappa shape index (κ3) is 1.35. The summed E-state index contributed by atoms with van der Waals surface area (Å²) in [6.07, 6.45) is 1.46. The predicted molar refractivity (Wildman–Crippen MR) is 44.1 cm³/mol. The highest BCUT2D eigenvalue weighted by Gasteiger charge is 2.34. The van der Waals surface area contributed by atoms with E-state index in [2.05, 4.69) is 18.1 Å². The van der Waals surface area contributed by atoms with Crippen molar-refractivity contribution in [1.82, 2.24) is 5.01 Å². The largest absolute Gasteiger partial charge is 0.293 e. The molecule has 0 bridgehead atoms. The van der Waals surface area contributed by atoms with Crippen molar-refractivity contribution in [2.75, 3.05) is 7.05 Å². The standard InChI is InChI=1S/C8H13N3/c1-7-6-8(2,4-5-9)11(3)10-7/h4,6H2,1-3H3. The lowest BCUT2D eigenvalue weighted by atomic mass is 9.93. The van der Waals surface area contributed by atoms with E-state index < -0.39 is 0 Å². The maximum Gasteiger partial charge on any atom is 0.0729 e. The summed E-state index contributed by atoms with van der Waals surface area (Å²) in [5, 5.41) is 14.7. The lowest BCUT2D eigenvalue weighted by Gasteiger charge is -2.28. The minimum atomic E-state index is -0.0567. The summed E-state index contributed by atoms with van der Waals surface area (Å²) >= 11 is 0. The molecule has 0 radical (unpaired) electrons. The van der Waals surface area contributed by atoms with E-state index >= 15 is 0 Å². The third-order valence-corrected chi connectivity index (χ3v) is 2.20. The first kappa shape index (κ1) is 8.06. The summed E-state index contributed by atoms with van der Waals surface area (Å²) in [4.78, 5) is 0. The molecule has 11 heavy (non-hydrogen) atoms. The Morgan fingerprint density at radius 3 is 2.82 bits per heavy atom. The Hall–Kier alpha value is -1.04. The van der Waals surface area contributed by atoms with Gasteiger partial charge in [0, 0.05) is 19.2 Å². The average molecular weight is 151 g/mol. The Balaban J connectivity index is 2.71. The van der Waals surface area contributed by atoms with Gasteiger partial charge in [0.15, 0.2) is 0 Å². The van der Waals surface area contributed by atoms with Crippen molar-refractivity contribution >= 4 is 5.71 Å². The van der Waals surface area contributed by atoms with E-state index in [0.717, 1.165) is 12.1 Å². The second-order valence-corrected chi connectivity index (χ2v) is 3.37. The van der Waals surface area contributed by atoms with Gasteiger partial charge in [-0.3, -0.25) is 5.01 Å². The number of hydrazone groups is 1. The van der Waals surface area contributed by atoms with Crippen molar-refractivity contribution < 1.29 is 0 Å². The summed E-state index contributed by atoms with van der Waals surface area (Å²) < 4.78 is 0. The van der Waals surface area contributed by atoms with Crippen molar-refractivity contribution in [1.29, 1.82) is 5.26 Å². The molecule has 0 aliphatic carbocycles. The SMILES string of the molecule is CC1=NN(C)C(C)(CC#N)C1. The summed E-state index contributed by atoms with van der Waals surface area (Å²) in [5.41, 5.74) is 1.06. The van der Waals surface area contributed by atoms with Crippen LogP contribution < -0.4 is 0 Å².